The highest BCUT2D eigenvalue weighted by Crippen LogP contribution is 2.25. The zero-order chi connectivity index (χ0) is 16.8. The second kappa shape index (κ2) is 8.73. The Hall–Kier alpha value is -1.01. The maximum atomic E-state index is 6.26. The first kappa shape index (κ1) is 18.3. The van der Waals surface area contributed by atoms with Gasteiger partial charge in [0.15, 0.2) is 5.96 Å². The molecule has 0 aromatic heterocycles. The molecule has 2 N–H and O–H groups in total. The van der Waals surface area contributed by atoms with Crippen LogP contribution in [0.3, 0.4) is 0 Å². The molecule has 2 rings (SSSR count). The van der Waals surface area contributed by atoms with Crippen LogP contribution < -0.4 is 10.6 Å². The van der Waals surface area contributed by atoms with E-state index in [2.05, 4.69) is 27.6 Å². The normalized spacial score (nSPS) is 21.1. The van der Waals surface area contributed by atoms with Crippen LogP contribution in [-0.4, -0.2) is 57.3 Å². The van der Waals surface area contributed by atoms with Crippen molar-refractivity contribution in [2.75, 3.05) is 40.3 Å². The first-order valence-corrected chi connectivity index (χ1v) is 8.47. The largest absolute Gasteiger partial charge is 0.374 e. The van der Waals surface area contributed by atoms with Crippen molar-refractivity contribution in [1.29, 1.82) is 0 Å². The molecule has 1 aliphatic heterocycles. The number of ether oxygens (including phenoxy) is 1. The second-order valence-electron chi connectivity index (χ2n) is 5.74. The fraction of sp³-hybridized carbons (Fsp3) is 0.562. The van der Waals surface area contributed by atoms with E-state index in [4.69, 9.17) is 27.9 Å². The summed E-state index contributed by atoms with van der Waals surface area (Å²) in [5.41, 5.74) is 0.979. The Bertz CT molecular complexity index is 553. The number of likely N-dealkylation sites (N-methyl/N-ethyl adjacent to an activating group) is 1. The average Bonchev–Trinajstić information content (AvgIpc) is 2.51. The molecule has 1 aliphatic rings. The van der Waals surface area contributed by atoms with E-state index in [1.165, 1.54) is 0 Å². The molecule has 23 heavy (non-hydrogen) atoms. The monoisotopic (exact) mass is 358 g/mol. The van der Waals surface area contributed by atoms with E-state index in [0.717, 1.165) is 31.2 Å². The lowest BCUT2D eigenvalue weighted by Crippen LogP contribution is -2.48. The Kier molecular flexibility index (Phi) is 6.96. The number of halogens is 2. The van der Waals surface area contributed by atoms with Crippen molar-refractivity contribution in [2.45, 2.75) is 19.1 Å². The van der Waals surface area contributed by atoms with Gasteiger partial charge in [0.25, 0.3) is 0 Å². The lowest BCUT2D eigenvalue weighted by atomic mass is 10.1. The number of nitrogens with zero attached hydrogens (tertiary/aromatic N) is 2. The minimum Gasteiger partial charge on any atom is -0.374 e. The Morgan fingerprint density at radius 3 is 2.91 bits per heavy atom. The van der Waals surface area contributed by atoms with Gasteiger partial charge in [0.1, 0.15) is 0 Å². The van der Waals surface area contributed by atoms with Gasteiger partial charge in [0, 0.05) is 36.7 Å². The van der Waals surface area contributed by atoms with Crippen LogP contribution in [0.5, 0.6) is 0 Å². The van der Waals surface area contributed by atoms with Gasteiger partial charge in [-0.1, -0.05) is 29.3 Å². The minimum atomic E-state index is 0.0147. The molecular formula is C16H24Cl2N4O. The maximum absolute atomic E-state index is 6.26. The third-order valence-electron chi connectivity index (χ3n) is 3.84. The van der Waals surface area contributed by atoms with Crippen LogP contribution in [0.15, 0.2) is 23.2 Å². The van der Waals surface area contributed by atoms with E-state index < -0.39 is 0 Å². The zero-order valence-electron chi connectivity index (χ0n) is 13.8. The molecule has 7 heteroatoms. The summed E-state index contributed by atoms with van der Waals surface area (Å²) in [6.45, 7) is 5.42. The summed E-state index contributed by atoms with van der Waals surface area (Å²) in [6.07, 6.45) is 0.168. The Morgan fingerprint density at radius 2 is 2.26 bits per heavy atom. The molecule has 128 valence electrons. The van der Waals surface area contributed by atoms with Crippen molar-refractivity contribution < 1.29 is 4.74 Å². The molecular weight excluding hydrogens is 335 g/mol. The third kappa shape index (κ3) is 5.53. The van der Waals surface area contributed by atoms with E-state index >= 15 is 0 Å². The van der Waals surface area contributed by atoms with Gasteiger partial charge < -0.3 is 20.3 Å². The van der Waals surface area contributed by atoms with Gasteiger partial charge in [-0.2, -0.15) is 0 Å². The van der Waals surface area contributed by atoms with E-state index in [9.17, 15) is 0 Å². The lowest BCUT2D eigenvalue weighted by Gasteiger charge is -2.30. The van der Waals surface area contributed by atoms with E-state index in [1.54, 1.807) is 13.1 Å². The molecule has 2 unspecified atom stereocenters. The van der Waals surface area contributed by atoms with E-state index in [0.29, 0.717) is 16.6 Å². The zero-order valence-corrected chi connectivity index (χ0v) is 15.3. The summed E-state index contributed by atoms with van der Waals surface area (Å²) in [6, 6.07) is 5.52. The number of aliphatic imine (C=N–C) groups is 1. The maximum Gasteiger partial charge on any atom is 0.191 e. The van der Waals surface area contributed by atoms with Crippen LogP contribution in [-0.2, 0) is 4.74 Å². The van der Waals surface area contributed by atoms with Crippen LogP contribution in [0, 0.1) is 0 Å². The highest BCUT2D eigenvalue weighted by atomic mass is 35.5. The molecule has 1 saturated heterocycles. The van der Waals surface area contributed by atoms with Gasteiger partial charge in [-0.25, -0.2) is 0 Å². The first-order chi connectivity index (χ1) is 11.0. The molecule has 0 radical (unpaired) electrons. The summed E-state index contributed by atoms with van der Waals surface area (Å²) in [4.78, 5) is 6.53. The van der Waals surface area contributed by atoms with Crippen molar-refractivity contribution in [3.8, 4) is 0 Å². The van der Waals surface area contributed by atoms with Crippen molar-refractivity contribution in [3.05, 3.63) is 33.8 Å². The van der Waals surface area contributed by atoms with Gasteiger partial charge in [-0.15, -0.1) is 0 Å². The lowest BCUT2D eigenvalue weighted by molar-refractivity contribution is -0.0161. The van der Waals surface area contributed by atoms with Gasteiger partial charge in [-0.3, -0.25) is 4.99 Å². The van der Waals surface area contributed by atoms with Crippen molar-refractivity contribution in [2.24, 2.45) is 4.99 Å². The fourth-order valence-electron chi connectivity index (χ4n) is 2.53. The van der Waals surface area contributed by atoms with Crippen molar-refractivity contribution in [1.82, 2.24) is 15.5 Å². The summed E-state index contributed by atoms with van der Waals surface area (Å²) in [7, 11) is 3.85. The number of nitrogens with one attached hydrogen (secondary N) is 2. The van der Waals surface area contributed by atoms with Gasteiger partial charge >= 0.3 is 0 Å². The smallest absolute Gasteiger partial charge is 0.191 e. The molecule has 0 bridgehead atoms. The number of guanidine groups is 1. The van der Waals surface area contributed by atoms with Gasteiger partial charge in [-0.05, 0) is 31.7 Å². The summed E-state index contributed by atoms with van der Waals surface area (Å²) >= 11 is 12.2. The second-order valence-corrected chi connectivity index (χ2v) is 6.58. The molecule has 1 aromatic carbocycles. The molecule has 0 spiro atoms. The summed E-state index contributed by atoms with van der Waals surface area (Å²) in [5.74, 6) is 0.723. The van der Waals surface area contributed by atoms with Crippen molar-refractivity contribution in [3.63, 3.8) is 0 Å². The standard InChI is InChI=1S/C16H24Cl2N4O/c1-11(14-5-4-12(17)8-15(14)18)21-16(19-2)20-9-13-10-22(3)6-7-23-13/h4-5,8,11,13H,6-7,9-10H2,1-3H3,(H2,19,20,21). The van der Waals surface area contributed by atoms with E-state index in [1.807, 2.05) is 19.1 Å². The van der Waals surface area contributed by atoms with Crippen LogP contribution >= 0.6 is 23.2 Å². The fourth-order valence-corrected chi connectivity index (χ4v) is 3.10. The highest BCUT2D eigenvalue weighted by molar-refractivity contribution is 6.35. The molecule has 0 saturated carbocycles. The number of benzene rings is 1. The van der Waals surface area contributed by atoms with Crippen LogP contribution in [0.25, 0.3) is 0 Å². The molecule has 5 nitrogen and oxygen atoms in total. The first-order valence-electron chi connectivity index (χ1n) is 7.72. The van der Waals surface area contributed by atoms with Crippen molar-refractivity contribution >= 4 is 29.2 Å². The quantitative estimate of drug-likeness (QED) is 0.641. The van der Waals surface area contributed by atoms with Crippen LogP contribution in [0.1, 0.15) is 18.5 Å². The number of morpholine rings is 1. The number of rotatable bonds is 4. The number of hydrogen-bond acceptors (Lipinski definition) is 3. The topological polar surface area (TPSA) is 48.9 Å². The van der Waals surface area contributed by atoms with Crippen LogP contribution in [0.4, 0.5) is 0 Å². The predicted molar refractivity (Wildman–Crippen MR) is 96.6 cm³/mol. The molecule has 2 atom stereocenters. The number of hydrogen-bond donors (Lipinski definition) is 2. The summed E-state index contributed by atoms with van der Waals surface area (Å²) in [5, 5.41) is 7.92. The Morgan fingerprint density at radius 1 is 1.48 bits per heavy atom. The Labute approximate surface area is 148 Å². The minimum absolute atomic E-state index is 0.0147. The average molecular weight is 359 g/mol. The van der Waals surface area contributed by atoms with E-state index in [-0.39, 0.29) is 12.1 Å². The third-order valence-corrected chi connectivity index (χ3v) is 4.41. The Balaban J connectivity index is 1.88. The summed E-state index contributed by atoms with van der Waals surface area (Å²) < 4.78 is 5.74. The SMILES string of the molecule is CN=C(NCC1CN(C)CCO1)NC(C)c1ccc(Cl)cc1Cl. The molecule has 1 fully saturated rings. The van der Waals surface area contributed by atoms with Gasteiger partial charge in [0.2, 0.25) is 0 Å². The molecule has 0 aliphatic carbocycles. The predicted octanol–water partition coefficient (Wildman–Crippen LogP) is 2.55. The molecule has 1 heterocycles. The highest BCUT2D eigenvalue weighted by Gasteiger charge is 2.18. The van der Waals surface area contributed by atoms with Crippen LogP contribution in [0.2, 0.25) is 10.0 Å². The molecule has 1 aromatic rings. The van der Waals surface area contributed by atoms with Gasteiger partial charge in [0.05, 0.1) is 18.8 Å². The molecule has 0 amide bonds.